The van der Waals surface area contributed by atoms with Gasteiger partial charge in [0.1, 0.15) is 0 Å². The second-order valence-corrected chi connectivity index (χ2v) is 5.20. The molecule has 1 fully saturated rings. The summed E-state index contributed by atoms with van der Waals surface area (Å²) in [4.78, 5) is 12.4. The van der Waals surface area contributed by atoms with Crippen LogP contribution in [0.4, 0.5) is 0 Å². The van der Waals surface area contributed by atoms with E-state index >= 15 is 0 Å². The minimum Gasteiger partial charge on any atom is -0.379 e. The molecule has 3 atom stereocenters. The first-order chi connectivity index (χ1) is 9.76. The van der Waals surface area contributed by atoms with Crippen molar-refractivity contribution in [3.8, 4) is 0 Å². The number of rotatable bonds is 5. The van der Waals surface area contributed by atoms with Gasteiger partial charge in [-0.05, 0) is 18.4 Å². The lowest BCUT2D eigenvalue weighted by Crippen LogP contribution is -2.47. The van der Waals surface area contributed by atoms with E-state index < -0.39 is 6.10 Å². The van der Waals surface area contributed by atoms with Gasteiger partial charge in [0.25, 0.3) is 5.91 Å². The van der Waals surface area contributed by atoms with Crippen molar-refractivity contribution in [1.29, 1.82) is 0 Å². The van der Waals surface area contributed by atoms with Crippen LogP contribution in [-0.4, -0.2) is 32.3 Å². The van der Waals surface area contributed by atoms with Gasteiger partial charge in [-0.3, -0.25) is 4.79 Å². The number of carbonyl (C=O) groups is 1. The van der Waals surface area contributed by atoms with Gasteiger partial charge in [0.2, 0.25) is 0 Å². The average Bonchev–Trinajstić information content (AvgIpc) is 2.49. The summed E-state index contributed by atoms with van der Waals surface area (Å²) in [5.74, 6) is -0.0901. The van der Waals surface area contributed by atoms with Gasteiger partial charge < -0.3 is 14.8 Å². The maximum Gasteiger partial charge on any atom is 0.254 e. The Morgan fingerprint density at radius 3 is 2.55 bits per heavy atom. The molecular formula is C16H23NO3. The topological polar surface area (TPSA) is 47.6 Å². The van der Waals surface area contributed by atoms with Gasteiger partial charge in [-0.2, -0.15) is 0 Å². The van der Waals surface area contributed by atoms with Crippen molar-refractivity contribution in [2.45, 2.75) is 43.9 Å². The van der Waals surface area contributed by atoms with Gasteiger partial charge in [-0.1, -0.05) is 43.2 Å². The monoisotopic (exact) mass is 277 g/mol. The van der Waals surface area contributed by atoms with Crippen molar-refractivity contribution >= 4 is 5.91 Å². The molecule has 1 amide bonds. The van der Waals surface area contributed by atoms with E-state index in [2.05, 4.69) is 5.32 Å². The highest BCUT2D eigenvalue weighted by molar-refractivity contribution is 5.82. The second kappa shape index (κ2) is 7.41. The molecule has 4 nitrogen and oxygen atoms in total. The number of hydrogen-bond donors (Lipinski definition) is 1. The van der Waals surface area contributed by atoms with Crippen LogP contribution in [0.25, 0.3) is 0 Å². The van der Waals surface area contributed by atoms with E-state index in [1.54, 1.807) is 14.2 Å². The van der Waals surface area contributed by atoms with Gasteiger partial charge in [-0.15, -0.1) is 0 Å². The highest BCUT2D eigenvalue weighted by Crippen LogP contribution is 2.23. The number of ether oxygens (including phenoxy) is 2. The van der Waals surface area contributed by atoms with Crippen LogP contribution < -0.4 is 5.32 Å². The fraction of sp³-hybridized carbons (Fsp3) is 0.562. The molecule has 1 aromatic rings. The first-order valence-electron chi connectivity index (χ1n) is 7.17. The number of nitrogens with one attached hydrogen (secondary N) is 1. The molecule has 1 N–H and O–H groups in total. The Bertz CT molecular complexity index is 421. The van der Waals surface area contributed by atoms with Gasteiger partial charge >= 0.3 is 0 Å². The fourth-order valence-electron chi connectivity index (χ4n) is 2.82. The quantitative estimate of drug-likeness (QED) is 0.899. The molecule has 110 valence electrons. The van der Waals surface area contributed by atoms with Crippen molar-refractivity contribution in [3.63, 3.8) is 0 Å². The third kappa shape index (κ3) is 3.58. The lowest BCUT2D eigenvalue weighted by atomic mass is 9.92. The molecule has 1 aliphatic carbocycles. The zero-order chi connectivity index (χ0) is 14.4. The molecule has 20 heavy (non-hydrogen) atoms. The third-order valence-electron chi connectivity index (χ3n) is 3.91. The van der Waals surface area contributed by atoms with Crippen molar-refractivity contribution in [2.75, 3.05) is 14.2 Å². The van der Waals surface area contributed by atoms with Crippen LogP contribution in [0.3, 0.4) is 0 Å². The highest BCUT2D eigenvalue weighted by atomic mass is 16.5. The lowest BCUT2D eigenvalue weighted by Gasteiger charge is -2.32. The number of amides is 1. The van der Waals surface area contributed by atoms with E-state index in [0.29, 0.717) is 0 Å². The molecule has 2 rings (SSSR count). The third-order valence-corrected chi connectivity index (χ3v) is 3.91. The summed E-state index contributed by atoms with van der Waals surface area (Å²) in [5, 5.41) is 3.08. The number of benzene rings is 1. The largest absolute Gasteiger partial charge is 0.379 e. The van der Waals surface area contributed by atoms with E-state index in [0.717, 1.165) is 31.2 Å². The number of carbonyl (C=O) groups excluding carboxylic acids is 1. The number of hydrogen-bond acceptors (Lipinski definition) is 3. The molecule has 1 aromatic carbocycles. The molecule has 1 saturated carbocycles. The zero-order valence-corrected chi connectivity index (χ0v) is 12.2. The van der Waals surface area contributed by atoms with E-state index in [4.69, 9.17) is 9.47 Å². The first-order valence-corrected chi connectivity index (χ1v) is 7.17. The van der Waals surface area contributed by atoms with Crippen molar-refractivity contribution in [3.05, 3.63) is 35.9 Å². The van der Waals surface area contributed by atoms with Gasteiger partial charge in [-0.25, -0.2) is 0 Å². The molecule has 0 aliphatic heterocycles. The van der Waals surface area contributed by atoms with Crippen LogP contribution in [0.2, 0.25) is 0 Å². The molecular weight excluding hydrogens is 254 g/mol. The summed E-state index contributed by atoms with van der Waals surface area (Å²) in [6, 6.07) is 9.64. The maximum atomic E-state index is 12.4. The van der Waals surface area contributed by atoms with Crippen LogP contribution >= 0.6 is 0 Å². The molecule has 0 bridgehead atoms. The summed E-state index contributed by atoms with van der Waals surface area (Å²) in [5.41, 5.74) is 0.872. The molecule has 0 saturated heterocycles. The molecule has 0 aromatic heterocycles. The minimum absolute atomic E-state index is 0.0858. The predicted molar refractivity (Wildman–Crippen MR) is 77.4 cm³/mol. The SMILES string of the molecule is CO[C@H](C(=O)N[C@@H]1CCCC[C@@H]1OC)c1ccccc1. The molecule has 0 unspecified atom stereocenters. The molecule has 0 radical (unpaired) electrons. The van der Waals surface area contributed by atoms with Crippen LogP contribution in [0.1, 0.15) is 37.4 Å². The van der Waals surface area contributed by atoms with Gasteiger partial charge in [0.05, 0.1) is 12.1 Å². The average molecular weight is 277 g/mol. The smallest absolute Gasteiger partial charge is 0.254 e. The highest BCUT2D eigenvalue weighted by Gasteiger charge is 2.29. The number of methoxy groups -OCH3 is 2. The first kappa shape index (κ1) is 15.0. The fourth-order valence-corrected chi connectivity index (χ4v) is 2.82. The van der Waals surface area contributed by atoms with E-state index in [-0.39, 0.29) is 18.1 Å². The molecule has 4 heteroatoms. The van der Waals surface area contributed by atoms with Crippen LogP contribution in [-0.2, 0) is 14.3 Å². The Labute approximate surface area is 120 Å². The summed E-state index contributed by atoms with van der Waals surface area (Å²) in [6.07, 6.45) is 3.82. The zero-order valence-electron chi connectivity index (χ0n) is 12.2. The molecule has 1 aliphatic rings. The molecule has 0 spiro atoms. The van der Waals surface area contributed by atoms with Crippen molar-refractivity contribution in [2.24, 2.45) is 0 Å². The Morgan fingerprint density at radius 1 is 1.20 bits per heavy atom. The summed E-state index contributed by atoms with van der Waals surface area (Å²) < 4.78 is 10.8. The minimum atomic E-state index is -0.560. The lowest BCUT2D eigenvalue weighted by molar-refractivity contribution is -0.133. The summed E-state index contributed by atoms with van der Waals surface area (Å²) in [6.45, 7) is 0. The summed E-state index contributed by atoms with van der Waals surface area (Å²) >= 11 is 0. The molecule has 0 heterocycles. The summed E-state index contributed by atoms with van der Waals surface area (Å²) in [7, 11) is 3.27. The standard InChI is InChI=1S/C16H23NO3/c1-19-14-11-7-6-10-13(14)17-16(18)15(20-2)12-8-4-3-5-9-12/h3-5,8-9,13-15H,6-7,10-11H2,1-2H3,(H,17,18)/t13-,14+,15+/m1/s1. The maximum absolute atomic E-state index is 12.4. The predicted octanol–water partition coefficient (Wildman–Crippen LogP) is 2.45. The van der Waals surface area contributed by atoms with Crippen LogP contribution in [0.15, 0.2) is 30.3 Å². The second-order valence-electron chi connectivity index (χ2n) is 5.20. The van der Waals surface area contributed by atoms with Crippen molar-refractivity contribution < 1.29 is 14.3 Å². The Hall–Kier alpha value is -1.39. The Balaban J connectivity index is 2.02. The van der Waals surface area contributed by atoms with Crippen LogP contribution in [0.5, 0.6) is 0 Å². The Kier molecular flexibility index (Phi) is 5.56. The van der Waals surface area contributed by atoms with E-state index in [1.807, 2.05) is 30.3 Å². The van der Waals surface area contributed by atoms with Crippen molar-refractivity contribution in [1.82, 2.24) is 5.32 Å². The Morgan fingerprint density at radius 2 is 1.90 bits per heavy atom. The van der Waals surface area contributed by atoms with E-state index in [1.165, 1.54) is 0 Å². The van der Waals surface area contributed by atoms with E-state index in [9.17, 15) is 4.79 Å². The van der Waals surface area contributed by atoms with Crippen LogP contribution in [0, 0.1) is 0 Å². The normalized spacial score (nSPS) is 24.1. The van der Waals surface area contributed by atoms with Gasteiger partial charge in [0, 0.05) is 14.2 Å². The van der Waals surface area contributed by atoms with Gasteiger partial charge in [0.15, 0.2) is 6.10 Å².